The summed E-state index contributed by atoms with van der Waals surface area (Å²) in [5.74, 6) is 1.29. The molecule has 0 bridgehead atoms. The first kappa shape index (κ1) is 15.1. The Morgan fingerprint density at radius 2 is 1.85 bits per heavy atom. The molecule has 1 aliphatic heterocycles. The van der Waals surface area contributed by atoms with Gasteiger partial charge in [-0.1, -0.05) is 0 Å². The van der Waals surface area contributed by atoms with Crippen LogP contribution in [-0.4, -0.2) is 45.3 Å². The zero-order valence-corrected chi connectivity index (χ0v) is 12.2. The van der Waals surface area contributed by atoms with Crippen molar-refractivity contribution in [3.63, 3.8) is 0 Å². The predicted octanol–water partition coefficient (Wildman–Crippen LogP) is 1.93. The molecule has 0 amide bonds. The summed E-state index contributed by atoms with van der Waals surface area (Å²) in [5.41, 5.74) is 0.0807. The van der Waals surface area contributed by atoms with E-state index in [1.165, 1.54) is 0 Å². The first-order valence-corrected chi connectivity index (χ1v) is 6.70. The zero-order valence-electron chi connectivity index (χ0n) is 12.2. The molecular weight excluding hydrogens is 260 g/mol. The Morgan fingerprint density at radius 1 is 1.15 bits per heavy atom. The Hall–Kier alpha value is -1.30. The minimum absolute atomic E-state index is 0.587. The number of hydrogen-bond acceptors (Lipinski definition) is 5. The second-order valence-corrected chi connectivity index (χ2v) is 4.89. The summed E-state index contributed by atoms with van der Waals surface area (Å²) in [5, 5.41) is 10.8. The van der Waals surface area contributed by atoms with Crippen LogP contribution in [0.3, 0.4) is 0 Å². The van der Waals surface area contributed by atoms with Crippen LogP contribution >= 0.6 is 0 Å². The highest BCUT2D eigenvalue weighted by Gasteiger charge is 2.41. The molecule has 5 nitrogen and oxygen atoms in total. The van der Waals surface area contributed by atoms with E-state index in [9.17, 15) is 5.11 Å². The van der Waals surface area contributed by atoms with Gasteiger partial charge in [-0.15, -0.1) is 0 Å². The van der Waals surface area contributed by atoms with E-state index in [4.69, 9.17) is 18.9 Å². The lowest BCUT2D eigenvalue weighted by molar-refractivity contribution is -0.154. The molecule has 1 aliphatic rings. The summed E-state index contributed by atoms with van der Waals surface area (Å²) in [6, 6.07) is 5.39. The third-order valence-corrected chi connectivity index (χ3v) is 3.98. The molecule has 112 valence electrons. The van der Waals surface area contributed by atoms with Crippen molar-refractivity contribution >= 4 is 0 Å². The highest BCUT2D eigenvalue weighted by Crippen LogP contribution is 2.41. The van der Waals surface area contributed by atoms with Crippen molar-refractivity contribution < 1.29 is 24.1 Å². The lowest BCUT2D eigenvalue weighted by Gasteiger charge is -2.40. The van der Waals surface area contributed by atoms with Crippen molar-refractivity contribution in [1.29, 1.82) is 0 Å². The lowest BCUT2D eigenvalue weighted by Crippen LogP contribution is -2.43. The van der Waals surface area contributed by atoms with E-state index in [1.807, 2.05) is 12.1 Å². The molecule has 1 saturated heterocycles. The number of rotatable bonds is 5. The minimum atomic E-state index is -0.766. The third-order valence-electron chi connectivity index (χ3n) is 3.98. The van der Waals surface area contributed by atoms with Crippen LogP contribution in [0.1, 0.15) is 24.5 Å². The van der Waals surface area contributed by atoms with Gasteiger partial charge in [0.1, 0.15) is 23.2 Å². The zero-order chi connectivity index (χ0) is 14.6. The van der Waals surface area contributed by atoms with Crippen LogP contribution in [0, 0.1) is 0 Å². The number of methoxy groups -OCH3 is 3. The molecule has 0 aromatic heterocycles. The fraction of sp³-hybridized carbons (Fsp3) is 0.600. The summed E-state index contributed by atoms with van der Waals surface area (Å²) >= 11 is 0. The molecule has 0 saturated carbocycles. The van der Waals surface area contributed by atoms with Gasteiger partial charge in [0, 0.05) is 44.8 Å². The van der Waals surface area contributed by atoms with Crippen molar-refractivity contribution in [1.82, 2.24) is 0 Å². The van der Waals surface area contributed by atoms with E-state index < -0.39 is 11.7 Å². The molecule has 20 heavy (non-hydrogen) atoms. The summed E-state index contributed by atoms with van der Waals surface area (Å²) in [4.78, 5) is 0. The number of aliphatic hydroxyl groups is 1. The molecule has 2 rings (SSSR count). The molecule has 0 aliphatic carbocycles. The smallest absolute Gasteiger partial charge is 0.128 e. The Kier molecular flexibility index (Phi) is 4.86. The normalized spacial score (nSPS) is 19.4. The Bertz CT molecular complexity index is 440. The second kappa shape index (κ2) is 6.43. The Labute approximate surface area is 119 Å². The highest BCUT2D eigenvalue weighted by atomic mass is 16.5. The average Bonchev–Trinajstić information content (AvgIpc) is 2.54. The lowest BCUT2D eigenvalue weighted by atomic mass is 9.84. The van der Waals surface area contributed by atoms with Crippen LogP contribution in [0.25, 0.3) is 0 Å². The van der Waals surface area contributed by atoms with Gasteiger partial charge in [0.2, 0.25) is 0 Å². The van der Waals surface area contributed by atoms with Crippen molar-refractivity contribution in [2.45, 2.75) is 24.5 Å². The fourth-order valence-corrected chi connectivity index (χ4v) is 2.63. The van der Waals surface area contributed by atoms with Crippen molar-refractivity contribution in [3.8, 4) is 11.5 Å². The topological polar surface area (TPSA) is 57.2 Å². The van der Waals surface area contributed by atoms with Crippen LogP contribution in [0.4, 0.5) is 0 Å². The van der Waals surface area contributed by atoms with Gasteiger partial charge in [-0.2, -0.15) is 0 Å². The molecule has 1 aromatic carbocycles. The first-order chi connectivity index (χ1) is 9.66. The van der Waals surface area contributed by atoms with Gasteiger partial charge in [0.05, 0.1) is 14.2 Å². The summed E-state index contributed by atoms with van der Waals surface area (Å²) in [6.07, 6.45) is 0.539. The maximum Gasteiger partial charge on any atom is 0.128 e. The Morgan fingerprint density at radius 3 is 2.40 bits per heavy atom. The highest BCUT2D eigenvalue weighted by molar-refractivity contribution is 5.43. The van der Waals surface area contributed by atoms with Crippen LogP contribution in [0.2, 0.25) is 0 Å². The Balaban J connectivity index is 2.33. The largest absolute Gasteiger partial charge is 0.497 e. The van der Waals surface area contributed by atoms with E-state index in [1.54, 1.807) is 27.4 Å². The molecule has 1 atom stereocenters. The molecule has 0 radical (unpaired) electrons. The molecule has 1 N–H and O–H groups in total. The van der Waals surface area contributed by atoms with Gasteiger partial charge in [0.25, 0.3) is 0 Å². The molecule has 1 fully saturated rings. The van der Waals surface area contributed by atoms with E-state index >= 15 is 0 Å². The quantitative estimate of drug-likeness (QED) is 0.894. The monoisotopic (exact) mass is 282 g/mol. The molecular formula is C15H22O5. The summed E-state index contributed by atoms with van der Waals surface area (Å²) < 4.78 is 21.5. The van der Waals surface area contributed by atoms with Crippen LogP contribution < -0.4 is 9.47 Å². The second-order valence-electron chi connectivity index (χ2n) is 4.89. The fourth-order valence-electron chi connectivity index (χ4n) is 2.63. The number of benzene rings is 1. The van der Waals surface area contributed by atoms with Crippen molar-refractivity contribution in [2.75, 3.05) is 34.5 Å². The van der Waals surface area contributed by atoms with Gasteiger partial charge < -0.3 is 24.1 Å². The van der Waals surface area contributed by atoms with E-state index in [-0.39, 0.29) is 0 Å². The minimum Gasteiger partial charge on any atom is -0.497 e. The molecule has 1 unspecified atom stereocenters. The SMILES string of the molecule is COc1ccc(C(O)C2(OC)CCOCC2)c(OC)c1. The number of aliphatic hydroxyl groups excluding tert-OH is 1. The first-order valence-electron chi connectivity index (χ1n) is 6.70. The van der Waals surface area contributed by atoms with Gasteiger partial charge in [-0.3, -0.25) is 0 Å². The summed E-state index contributed by atoms with van der Waals surface area (Å²) in [7, 11) is 4.80. The average molecular weight is 282 g/mol. The van der Waals surface area contributed by atoms with E-state index in [2.05, 4.69) is 0 Å². The van der Waals surface area contributed by atoms with Crippen LogP contribution in [0.15, 0.2) is 18.2 Å². The van der Waals surface area contributed by atoms with Gasteiger partial charge in [0.15, 0.2) is 0 Å². The molecule has 1 aromatic rings. The van der Waals surface area contributed by atoms with Gasteiger partial charge in [-0.25, -0.2) is 0 Å². The van der Waals surface area contributed by atoms with Crippen molar-refractivity contribution in [2.24, 2.45) is 0 Å². The number of hydrogen-bond donors (Lipinski definition) is 1. The molecule has 0 spiro atoms. The molecule has 1 heterocycles. The van der Waals surface area contributed by atoms with Gasteiger partial charge >= 0.3 is 0 Å². The van der Waals surface area contributed by atoms with Crippen LogP contribution in [-0.2, 0) is 9.47 Å². The van der Waals surface area contributed by atoms with E-state index in [0.717, 1.165) is 0 Å². The van der Waals surface area contributed by atoms with E-state index in [0.29, 0.717) is 43.1 Å². The number of ether oxygens (including phenoxy) is 4. The maximum absolute atomic E-state index is 10.8. The van der Waals surface area contributed by atoms with Crippen molar-refractivity contribution in [3.05, 3.63) is 23.8 Å². The standard InChI is InChI=1S/C15H22O5/c1-17-11-4-5-12(13(10-11)18-2)14(16)15(19-3)6-8-20-9-7-15/h4-5,10,14,16H,6-9H2,1-3H3. The maximum atomic E-state index is 10.8. The summed E-state index contributed by atoms with van der Waals surface area (Å²) in [6.45, 7) is 1.17. The third kappa shape index (κ3) is 2.75. The van der Waals surface area contributed by atoms with Crippen LogP contribution in [0.5, 0.6) is 11.5 Å². The predicted molar refractivity (Wildman–Crippen MR) is 74.3 cm³/mol. The van der Waals surface area contributed by atoms with Gasteiger partial charge in [-0.05, 0) is 12.1 Å². The molecule has 5 heteroatoms.